The molecule has 0 bridgehead atoms. The van der Waals surface area contributed by atoms with E-state index in [1.807, 2.05) is 5.32 Å². The number of hydrogen-bond donors (Lipinski definition) is 4. The molecular formula is C32H41F2N7O7. The average molecular weight is 674 g/mol. The molecule has 1 aromatic carbocycles. The van der Waals surface area contributed by atoms with Gasteiger partial charge in [0.2, 0.25) is 11.8 Å². The third kappa shape index (κ3) is 8.16. The summed E-state index contributed by atoms with van der Waals surface area (Å²) in [4.78, 5) is 64.2. The maximum atomic E-state index is 13.3. The number of aromatic nitrogens is 2. The number of imide groups is 2. The van der Waals surface area contributed by atoms with Gasteiger partial charge < -0.3 is 20.1 Å². The molecule has 16 heteroatoms. The molecule has 2 aromatic rings. The lowest BCUT2D eigenvalue weighted by Crippen LogP contribution is -2.54. The highest BCUT2D eigenvalue weighted by molar-refractivity contribution is 6.25. The van der Waals surface area contributed by atoms with Gasteiger partial charge in [-0.25, -0.2) is 13.6 Å². The fourth-order valence-corrected chi connectivity index (χ4v) is 6.69. The van der Waals surface area contributed by atoms with Crippen LogP contribution in [0.2, 0.25) is 0 Å². The Hall–Kier alpha value is -4.44. The molecule has 1 atom stereocenters. The van der Waals surface area contributed by atoms with Crippen LogP contribution in [0, 0.1) is 5.92 Å². The molecule has 260 valence electrons. The number of carbonyl (C=O) groups is 5. The molecular weight excluding hydrogens is 632 g/mol. The fraction of sp³-hybridized carbons (Fsp3) is 0.562. The number of halogens is 2. The van der Waals surface area contributed by atoms with Crippen LogP contribution in [0.4, 0.5) is 25.0 Å². The second-order valence-electron chi connectivity index (χ2n) is 12.5. The van der Waals surface area contributed by atoms with Crippen molar-refractivity contribution < 1.29 is 42.6 Å². The number of hydrogen-bond acceptors (Lipinski definition) is 9. The highest BCUT2D eigenvalue weighted by Gasteiger charge is 2.45. The first kappa shape index (κ1) is 34.9. The van der Waals surface area contributed by atoms with E-state index in [1.54, 1.807) is 18.2 Å². The highest BCUT2D eigenvalue weighted by Crippen LogP contribution is 2.35. The number of anilines is 2. The number of benzene rings is 1. The van der Waals surface area contributed by atoms with Gasteiger partial charge in [-0.15, -0.1) is 0 Å². The molecule has 1 saturated carbocycles. The summed E-state index contributed by atoms with van der Waals surface area (Å²) in [7, 11) is 2.06. The van der Waals surface area contributed by atoms with Gasteiger partial charge in [-0.1, -0.05) is 6.07 Å². The van der Waals surface area contributed by atoms with Gasteiger partial charge in [-0.2, -0.15) is 5.10 Å². The van der Waals surface area contributed by atoms with E-state index in [-0.39, 0.29) is 35.7 Å². The van der Waals surface area contributed by atoms with Crippen LogP contribution in [-0.2, 0) is 14.3 Å². The largest absolute Gasteiger partial charge is 0.465 e. The highest BCUT2D eigenvalue weighted by atomic mass is 19.3. The molecule has 1 saturated heterocycles. The molecule has 1 aliphatic carbocycles. The van der Waals surface area contributed by atoms with Crippen molar-refractivity contribution in [2.24, 2.45) is 5.92 Å². The molecule has 48 heavy (non-hydrogen) atoms. The summed E-state index contributed by atoms with van der Waals surface area (Å²) in [5.41, 5.74) is 0.249. The van der Waals surface area contributed by atoms with Crippen molar-refractivity contribution in [3.8, 4) is 0 Å². The van der Waals surface area contributed by atoms with Crippen LogP contribution in [0.25, 0.3) is 0 Å². The van der Waals surface area contributed by atoms with E-state index in [2.05, 4.69) is 27.7 Å². The van der Waals surface area contributed by atoms with Crippen molar-refractivity contribution in [2.75, 3.05) is 50.5 Å². The third-order valence-electron chi connectivity index (χ3n) is 9.05. The Bertz CT molecular complexity index is 1530. The van der Waals surface area contributed by atoms with Crippen molar-refractivity contribution in [3.05, 3.63) is 41.2 Å². The van der Waals surface area contributed by atoms with Gasteiger partial charge in [0.1, 0.15) is 6.04 Å². The Morgan fingerprint density at radius 3 is 2.54 bits per heavy atom. The lowest BCUT2D eigenvalue weighted by atomic mass is 9.86. The molecule has 5 rings (SSSR count). The molecule has 2 fully saturated rings. The summed E-state index contributed by atoms with van der Waals surface area (Å²) in [6.45, 7) is 3.38. The molecule has 3 heterocycles. The van der Waals surface area contributed by atoms with Gasteiger partial charge in [0.25, 0.3) is 18.2 Å². The zero-order chi connectivity index (χ0) is 34.4. The molecule has 14 nitrogen and oxygen atoms in total. The van der Waals surface area contributed by atoms with Crippen LogP contribution in [0.1, 0.15) is 90.2 Å². The summed E-state index contributed by atoms with van der Waals surface area (Å²) >= 11 is 0. The van der Waals surface area contributed by atoms with Gasteiger partial charge in [0, 0.05) is 51.2 Å². The second kappa shape index (κ2) is 15.6. The second-order valence-corrected chi connectivity index (χ2v) is 12.5. The first-order valence-electron chi connectivity index (χ1n) is 16.2. The van der Waals surface area contributed by atoms with Gasteiger partial charge in [0.05, 0.1) is 22.9 Å². The minimum Gasteiger partial charge on any atom is -0.465 e. The lowest BCUT2D eigenvalue weighted by molar-refractivity contribution is -0.136. The van der Waals surface area contributed by atoms with Gasteiger partial charge >= 0.3 is 6.09 Å². The standard InChI is InChI=1S/C32H41F2N7O7/c1-39(17-19-7-9-20(10-8-19)40-18-23(36-32(46)47)27(38-40)28(33)34)14-4-16-48-15-3-13-35-22-6-2-5-21-26(22)31(45)41(30(21)44)24-11-12-25(42)37-29(24)43/h2,5-6,18-20,24,28,35-36H,3-4,7-17H2,1H3,(H,46,47)(H,37,42,43). The summed E-state index contributed by atoms with van der Waals surface area (Å²) in [6.07, 6.45) is 2.17. The maximum Gasteiger partial charge on any atom is 0.409 e. The van der Waals surface area contributed by atoms with Crippen molar-refractivity contribution in [2.45, 2.75) is 69.9 Å². The Morgan fingerprint density at radius 1 is 1.08 bits per heavy atom. The Kier molecular flexibility index (Phi) is 11.4. The van der Waals surface area contributed by atoms with Crippen LogP contribution in [0.5, 0.6) is 0 Å². The van der Waals surface area contributed by atoms with Crippen LogP contribution in [-0.4, -0.2) is 100 Å². The molecule has 4 N–H and O–H groups in total. The number of piperidine rings is 1. The number of amides is 5. The van der Waals surface area contributed by atoms with E-state index in [4.69, 9.17) is 9.84 Å². The van der Waals surface area contributed by atoms with Crippen molar-refractivity contribution in [1.82, 2.24) is 24.9 Å². The monoisotopic (exact) mass is 673 g/mol. The number of nitrogens with one attached hydrogen (secondary N) is 3. The van der Waals surface area contributed by atoms with Crippen LogP contribution in [0.3, 0.4) is 0 Å². The van der Waals surface area contributed by atoms with Crippen LogP contribution in [0.15, 0.2) is 24.4 Å². The number of carboxylic acid groups (broad SMARTS) is 1. The molecule has 1 aromatic heterocycles. The number of nitrogens with zero attached hydrogens (tertiary/aromatic N) is 4. The number of ether oxygens (including phenoxy) is 1. The first-order valence-corrected chi connectivity index (χ1v) is 16.2. The molecule has 0 radical (unpaired) electrons. The van der Waals surface area contributed by atoms with Crippen molar-refractivity contribution in [1.29, 1.82) is 0 Å². The third-order valence-corrected chi connectivity index (χ3v) is 9.05. The number of alkyl halides is 2. The van der Waals surface area contributed by atoms with Crippen LogP contribution >= 0.6 is 0 Å². The number of rotatable bonds is 15. The number of fused-ring (bicyclic) bond motifs is 1. The quantitative estimate of drug-likeness (QED) is 0.160. The number of carbonyl (C=O) groups excluding carboxylic acids is 4. The van der Waals surface area contributed by atoms with Gasteiger partial charge in [0.15, 0.2) is 5.69 Å². The fourth-order valence-electron chi connectivity index (χ4n) is 6.69. The van der Waals surface area contributed by atoms with E-state index in [1.165, 1.54) is 10.9 Å². The van der Waals surface area contributed by atoms with E-state index in [9.17, 15) is 32.8 Å². The summed E-state index contributed by atoms with van der Waals surface area (Å²) in [5, 5.41) is 20.3. The normalized spacial score (nSPS) is 21.2. The van der Waals surface area contributed by atoms with E-state index >= 15 is 0 Å². The Morgan fingerprint density at radius 2 is 1.83 bits per heavy atom. The summed E-state index contributed by atoms with van der Waals surface area (Å²) < 4.78 is 33.9. The zero-order valence-electron chi connectivity index (χ0n) is 26.8. The van der Waals surface area contributed by atoms with E-state index < -0.39 is 47.9 Å². The predicted octanol–water partition coefficient (Wildman–Crippen LogP) is 3.88. The topological polar surface area (TPSA) is 175 Å². The van der Waals surface area contributed by atoms with Crippen molar-refractivity contribution in [3.63, 3.8) is 0 Å². The predicted molar refractivity (Wildman–Crippen MR) is 169 cm³/mol. The van der Waals surface area contributed by atoms with Gasteiger partial charge in [-0.3, -0.25) is 39.4 Å². The van der Waals surface area contributed by atoms with Crippen molar-refractivity contribution >= 4 is 41.1 Å². The van der Waals surface area contributed by atoms with E-state index in [0.717, 1.165) is 50.1 Å². The van der Waals surface area contributed by atoms with Crippen LogP contribution < -0.4 is 16.0 Å². The zero-order valence-corrected chi connectivity index (χ0v) is 26.8. The summed E-state index contributed by atoms with van der Waals surface area (Å²) in [5.74, 6) is -1.68. The minimum atomic E-state index is -2.87. The smallest absolute Gasteiger partial charge is 0.409 e. The molecule has 1 unspecified atom stereocenters. The average Bonchev–Trinajstić information content (AvgIpc) is 3.57. The summed E-state index contributed by atoms with van der Waals surface area (Å²) in [6, 6.07) is 3.90. The Labute approximate surface area is 276 Å². The first-order chi connectivity index (χ1) is 23.0. The molecule has 2 aliphatic heterocycles. The Balaban J connectivity index is 0.965. The van der Waals surface area contributed by atoms with E-state index in [0.29, 0.717) is 37.8 Å². The minimum absolute atomic E-state index is 0.0467. The molecule has 0 spiro atoms. The lowest BCUT2D eigenvalue weighted by Gasteiger charge is -2.31. The molecule has 3 aliphatic rings. The molecule has 5 amide bonds. The SMILES string of the molecule is CN(CCCOCCCNc1cccc2c1C(=O)N(C1CCC(=O)NC1=O)C2=O)CC1CCC(n2cc(NC(=O)O)c(C(F)F)n2)CC1. The van der Waals surface area contributed by atoms with Gasteiger partial charge in [-0.05, 0) is 70.0 Å². The maximum absolute atomic E-state index is 13.3.